The minimum Gasteiger partial charge on any atom is -0.459 e. The van der Waals surface area contributed by atoms with Crippen LogP contribution >= 0.6 is 0 Å². The third-order valence-corrected chi connectivity index (χ3v) is 2.15. The summed E-state index contributed by atoms with van der Waals surface area (Å²) in [6.45, 7) is 0.834. The third kappa shape index (κ3) is 2.50. The molecule has 15 heavy (non-hydrogen) atoms. The Morgan fingerprint density at radius 2 is 2.20 bits per heavy atom. The van der Waals surface area contributed by atoms with E-state index in [0.717, 1.165) is 6.08 Å². The van der Waals surface area contributed by atoms with Crippen molar-refractivity contribution in [1.29, 1.82) is 0 Å². The molecule has 1 saturated heterocycles. The fourth-order valence-electron chi connectivity index (χ4n) is 1.14. The van der Waals surface area contributed by atoms with Gasteiger partial charge in [-0.15, -0.1) is 0 Å². The quantitative estimate of drug-likeness (QED) is 0.542. The minimum absolute atomic E-state index is 0.0423. The van der Waals surface area contributed by atoms with Crippen molar-refractivity contribution < 1.29 is 27.4 Å². The van der Waals surface area contributed by atoms with Crippen molar-refractivity contribution in [2.24, 2.45) is 0 Å². The molecule has 1 rings (SSSR count). The lowest BCUT2D eigenvalue weighted by Crippen LogP contribution is -2.59. The summed E-state index contributed by atoms with van der Waals surface area (Å²) in [7, 11) is 0. The van der Waals surface area contributed by atoms with E-state index in [4.69, 9.17) is 0 Å². The number of hydrogen-bond acceptors (Lipinski definition) is 3. The second-order valence-electron chi connectivity index (χ2n) is 3.20. The summed E-state index contributed by atoms with van der Waals surface area (Å²) in [6, 6.07) is 0. The smallest absolute Gasteiger partial charge is 0.420 e. The van der Waals surface area contributed by atoms with Gasteiger partial charge in [-0.25, -0.2) is 4.79 Å². The molecule has 0 aliphatic carbocycles. The molecule has 0 aromatic heterocycles. The summed E-state index contributed by atoms with van der Waals surface area (Å²) in [4.78, 5) is 10.8. The molecule has 0 amide bonds. The Morgan fingerprint density at radius 1 is 1.60 bits per heavy atom. The Hall–Kier alpha value is -1.04. The molecule has 86 valence electrons. The number of rotatable bonds is 3. The van der Waals surface area contributed by atoms with Gasteiger partial charge in [0.1, 0.15) is 6.61 Å². The van der Waals surface area contributed by atoms with Crippen LogP contribution < -0.4 is 0 Å². The standard InChI is InChI=1S/C9H11F3O3/c1-2-3-7(13)14-6-8(4-5-15-8)9(10,11)12/h2-3H,4-6H2,1H3. The summed E-state index contributed by atoms with van der Waals surface area (Å²) in [5.74, 6) is -0.795. The number of halogens is 3. The van der Waals surface area contributed by atoms with Crippen LogP contribution in [0.4, 0.5) is 13.2 Å². The van der Waals surface area contributed by atoms with Crippen LogP contribution in [0.15, 0.2) is 12.2 Å². The third-order valence-electron chi connectivity index (χ3n) is 2.15. The molecule has 0 aromatic rings. The number of alkyl halides is 3. The van der Waals surface area contributed by atoms with Crippen LogP contribution in [-0.4, -0.2) is 31.0 Å². The van der Waals surface area contributed by atoms with Crippen LogP contribution in [0.25, 0.3) is 0 Å². The summed E-state index contributed by atoms with van der Waals surface area (Å²) < 4.78 is 46.3. The fourth-order valence-corrected chi connectivity index (χ4v) is 1.14. The van der Waals surface area contributed by atoms with Crippen molar-refractivity contribution in [3.05, 3.63) is 12.2 Å². The normalized spacial score (nSPS) is 26.4. The van der Waals surface area contributed by atoms with Crippen LogP contribution in [0.5, 0.6) is 0 Å². The van der Waals surface area contributed by atoms with Crippen molar-refractivity contribution in [3.8, 4) is 0 Å². The highest BCUT2D eigenvalue weighted by Gasteiger charge is 2.61. The van der Waals surface area contributed by atoms with E-state index >= 15 is 0 Å². The molecule has 1 fully saturated rings. The molecule has 1 aliphatic rings. The van der Waals surface area contributed by atoms with Crippen molar-refractivity contribution in [2.75, 3.05) is 13.2 Å². The average Bonchev–Trinajstić information content (AvgIpc) is 1.99. The van der Waals surface area contributed by atoms with E-state index in [2.05, 4.69) is 9.47 Å². The summed E-state index contributed by atoms with van der Waals surface area (Å²) in [6.07, 6.45) is -2.21. The van der Waals surface area contributed by atoms with E-state index < -0.39 is 24.4 Å². The van der Waals surface area contributed by atoms with Crippen molar-refractivity contribution in [1.82, 2.24) is 0 Å². The highest BCUT2D eigenvalue weighted by atomic mass is 19.4. The zero-order valence-corrected chi connectivity index (χ0v) is 8.13. The first-order chi connectivity index (χ1) is 6.91. The fraction of sp³-hybridized carbons (Fsp3) is 0.667. The van der Waals surface area contributed by atoms with Gasteiger partial charge in [0, 0.05) is 12.5 Å². The van der Waals surface area contributed by atoms with Crippen LogP contribution in [0.2, 0.25) is 0 Å². The SMILES string of the molecule is CC=CC(=O)OCC1(C(F)(F)F)CCO1. The van der Waals surface area contributed by atoms with Gasteiger partial charge in [-0.1, -0.05) is 6.08 Å². The molecule has 3 nitrogen and oxygen atoms in total. The molecule has 0 N–H and O–H groups in total. The summed E-state index contributed by atoms with van der Waals surface area (Å²) >= 11 is 0. The number of carbonyl (C=O) groups is 1. The topological polar surface area (TPSA) is 35.5 Å². The second kappa shape index (κ2) is 4.22. The van der Waals surface area contributed by atoms with E-state index in [1.54, 1.807) is 6.92 Å². The number of esters is 1. The van der Waals surface area contributed by atoms with Crippen LogP contribution in [0, 0.1) is 0 Å². The largest absolute Gasteiger partial charge is 0.459 e. The van der Waals surface area contributed by atoms with Crippen LogP contribution in [-0.2, 0) is 14.3 Å². The van der Waals surface area contributed by atoms with E-state index in [9.17, 15) is 18.0 Å². The Labute approximate surface area is 84.8 Å². The molecule has 0 spiro atoms. The molecule has 1 atom stereocenters. The molecular weight excluding hydrogens is 213 g/mol. The van der Waals surface area contributed by atoms with E-state index in [-0.39, 0.29) is 13.0 Å². The first-order valence-electron chi connectivity index (χ1n) is 4.41. The van der Waals surface area contributed by atoms with E-state index in [1.165, 1.54) is 6.08 Å². The van der Waals surface area contributed by atoms with Gasteiger partial charge in [-0.05, 0) is 6.92 Å². The van der Waals surface area contributed by atoms with Gasteiger partial charge in [-0.2, -0.15) is 13.2 Å². The van der Waals surface area contributed by atoms with Gasteiger partial charge in [-0.3, -0.25) is 0 Å². The predicted molar refractivity (Wildman–Crippen MR) is 45.1 cm³/mol. The Morgan fingerprint density at radius 3 is 2.53 bits per heavy atom. The van der Waals surface area contributed by atoms with Crippen molar-refractivity contribution >= 4 is 5.97 Å². The van der Waals surface area contributed by atoms with Crippen molar-refractivity contribution in [3.63, 3.8) is 0 Å². The molecule has 0 bridgehead atoms. The van der Waals surface area contributed by atoms with Gasteiger partial charge in [0.25, 0.3) is 0 Å². The number of ether oxygens (including phenoxy) is 2. The molecule has 0 radical (unpaired) electrons. The maximum Gasteiger partial charge on any atom is 0.420 e. The second-order valence-corrected chi connectivity index (χ2v) is 3.20. The summed E-state index contributed by atoms with van der Waals surface area (Å²) in [5, 5.41) is 0. The zero-order chi connectivity index (χ0) is 11.5. The van der Waals surface area contributed by atoms with Crippen LogP contribution in [0.1, 0.15) is 13.3 Å². The first kappa shape index (κ1) is 12.0. The summed E-state index contributed by atoms with van der Waals surface area (Å²) in [5.41, 5.74) is -2.29. The van der Waals surface area contributed by atoms with E-state index in [0.29, 0.717) is 0 Å². The molecule has 1 aliphatic heterocycles. The van der Waals surface area contributed by atoms with E-state index in [1.807, 2.05) is 0 Å². The van der Waals surface area contributed by atoms with Gasteiger partial charge < -0.3 is 9.47 Å². The van der Waals surface area contributed by atoms with Gasteiger partial charge in [0.15, 0.2) is 5.60 Å². The Bertz CT molecular complexity index is 266. The highest BCUT2D eigenvalue weighted by molar-refractivity contribution is 5.81. The molecule has 6 heteroatoms. The van der Waals surface area contributed by atoms with Gasteiger partial charge in [0.05, 0.1) is 6.61 Å². The average molecular weight is 224 g/mol. The Kier molecular flexibility index (Phi) is 3.38. The number of allylic oxidation sites excluding steroid dienone is 1. The lowest BCUT2D eigenvalue weighted by molar-refractivity contribution is -0.335. The van der Waals surface area contributed by atoms with Gasteiger partial charge in [0.2, 0.25) is 0 Å². The molecule has 0 saturated carbocycles. The first-order valence-corrected chi connectivity index (χ1v) is 4.41. The minimum atomic E-state index is -4.50. The lowest BCUT2D eigenvalue weighted by Gasteiger charge is -2.41. The maximum atomic E-state index is 12.5. The lowest BCUT2D eigenvalue weighted by atomic mass is 9.95. The highest BCUT2D eigenvalue weighted by Crippen LogP contribution is 2.42. The zero-order valence-electron chi connectivity index (χ0n) is 8.13. The molecule has 0 aromatic carbocycles. The number of carbonyl (C=O) groups excluding carboxylic acids is 1. The maximum absolute atomic E-state index is 12.5. The Balaban J connectivity index is 2.52. The van der Waals surface area contributed by atoms with Gasteiger partial charge >= 0.3 is 12.1 Å². The molecule has 1 heterocycles. The van der Waals surface area contributed by atoms with Crippen LogP contribution in [0.3, 0.4) is 0 Å². The van der Waals surface area contributed by atoms with Crippen molar-refractivity contribution in [2.45, 2.75) is 25.1 Å². The predicted octanol–water partition coefficient (Wildman–Crippen LogP) is 1.83. The number of hydrogen-bond donors (Lipinski definition) is 0. The molecule has 1 unspecified atom stereocenters. The molecular formula is C9H11F3O3. The monoisotopic (exact) mass is 224 g/mol.